The van der Waals surface area contributed by atoms with Gasteiger partial charge in [-0.2, -0.15) is 0 Å². The second-order valence-electron chi connectivity index (χ2n) is 3.98. The maximum absolute atomic E-state index is 10.6. The van der Waals surface area contributed by atoms with E-state index in [-0.39, 0.29) is 11.4 Å². The summed E-state index contributed by atoms with van der Waals surface area (Å²) >= 11 is 2.92. The summed E-state index contributed by atoms with van der Waals surface area (Å²) in [6, 6.07) is 11.4. The highest BCUT2D eigenvalue weighted by Crippen LogP contribution is 2.35. The topological polar surface area (TPSA) is 76.3 Å². The molecule has 3 rings (SSSR count). The van der Waals surface area contributed by atoms with Crippen LogP contribution < -0.4 is 0 Å². The van der Waals surface area contributed by atoms with Crippen LogP contribution in [0.3, 0.4) is 0 Å². The van der Waals surface area contributed by atoms with Crippen LogP contribution in [0.15, 0.2) is 51.7 Å². The van der Waals surface area contributed by atoms with Crippen LogP contribution in [-0.4, -0.2) is 15.0 Å². The summed E-state index contributed by atoms with van der Waals surface area (Å²) in [5.41, 5.74) is 0.904. The third-order valence-electron chi connectivity index (χ3n) is 2.61. The smallest absolute Gasteiger partial charge is 0.269 e. The molecule has 0 saturated carbocycles. The largest absolute Gasteiger partial charge is 0.508 e. The predicted octanol–water partition coefficient (Wildman–Crippen LogP) is 4.06. The number of aromatic nitrogens is 1. The highest BCUT2D eigenvalue weighted by atomic mass is 32.2. The first kappa shape index (κ1) is 12.9. The molecular weight excluding hydrogens is 296 g/mol. The van der Waals surface area contributed by atoms with Gasteiger partial charge in [-0.1, -0.05) is 11.8 Å². The molecule has 1 aromatic heterocycles. The summed E-state index contributed by atoms with van der Waals surface area (Å²) < 4.78 is 1.74. The number of benzene rings is 2. The van der Waals surface area contributed by atoms with E-state index in [0.29, 0.717) is 0 Å². The first-order valence-corrected chi connectivity index (χ1v) is 7.27. The van der Waals surface area contributed by atoms with Crippen LogP contribution in [0.2, 0.25) is 0 Å². The zero-order valence-corrected chi connectivity index (χ0v) is 11.6. The molecule has 1 N–H and O–H groups in total. The molecule has 7 heteroatoms. The molecule has 0 saturated heterocycles. The van der Waals surface area contributed by atoms with Crippen molar-refractivity contribution in [2.45, 2.75) is 9.24 Å². The van der Waals surface area contributed by atoms with Crippen LogP contribution >= 0.6 is 23.1 Å². The Morgan fingerprint density at radius 1 is 1.20 bits per heavy atom. The summed E-state index contributed by atoms with van der Waals surface area (Å²) in [4.78, 5) is 15.5. The number of thiazole rings is 1. The van der Waals surface area contributed by atoms with E-state index in [1.165, 1.54) is 35.2 Å². The average Bonchev–Trinajstić information content (AvgIpc) is 2.80. The van der Waals surface area contributed by atoms with Gasteiger partial charge in [-0.15, -0.1) is 11.3 Å². The van der Waals surface area contributed by atoms with Crippen molar-refractivity contribution >= 4 is 39.0 Å². The van der Waals surface area contributed by atoms with E-state index in [0.717, 1.165) is 19.5 Å². The fourth-order valence-electron chi connectivity index (χ4n) is 1.67. The number of hydrogen-bond acceptors (Lipinski definition) is 6. The van der Waals surface area contributed by atoms with Crippen molar-refractivity contribution in [3.8, 4) is 5.75 Å². The lowest BCUT2D eigenvalue weighted by atomic mass is 10.3. The number of nitro benzene ring substituents is 1. The second-order valence-corrected chi connectivity index (χ2v) is 6.34. The molecule has 3 aromatic rings. The van der Waals surface area contributed by atoms with Gasteiger partial charge in [0.25, 0.3) is 5.69 Å². The number of phenols is 1. The fourth-order valence-corrected chi connectivity index (χ4v) is 3.75. The predicted molar refractivity (Wildman–Crippen MR) is 78.5 cm³/mol. The lowest BCUT2D eigenvalue weighted by molar-refractivity contribution is -0.384. The maximum Gasteiger partial charge on any atom is 0.269 e. The Morgan fingerprint density at radius 2 is 1.95 bits per heavy atom. The molecule has 2 aromatic carbocycles. The van der Waals surface area contributed by atoms with Gasteiger partial charge in [0.1, 0.15) is 5.75 Å². The Bertz CT molecular complexity index is 784. The average molecular weight is 304 g/mol. The van der Waals surface area contributed by atoms with Gasteiger partial charge < -0.3 is 5.11 Å². The van der Waals surface area contributed by atoms with Gasteiger partial charge in [0.05, 0.1) is 15.1 Å². The van der Waals surface area contributed by atoms with Gasteiger partial charge in [-0.25, -0.2) is 4.98 Å². The highest BCUT2D eigenvalue weighted by molar-refractivity contribution is 8.01. The van der Waals surface area contributed by atoms with Gasteiger partial charge in [-0.3, -0.25) is 10.1 Å². The fraction of sp³-hybridized carbons (Fsp3) is 0. The lowest BCUT2D eigenvalue weighted by Gasteiger charge is -1.96. The van der Waals surface area contributed by atoms with Gasteiger partial charge in [-0.05, 0) is 30.3 Å². The van der Waals surface area contributed by atoms with Crippen LogP contribution in [0.4, 0.5) is 5.69 Å². The minimum atomic E-state index is -0.422. The third kappa shape index (κ3) is 2.59. The van der Waals surface area contributed by atoms with Crippen molar-refractivity contribution in [2.75, 3.05) is 0 Å². The van der Waals surface area contributed by atoms with E-state index >= 15 is 0 Å². The van der Waals surface area contributed by atoms with Crippen LogP contribution in [0.5, 0.6) is 5.75 Å². The van der Waals surface area contributed by atoms with E-state index < -0.39 is 4.92 Å². The number of aromatic hydroxyl groups is 1. The number of fused-ring (bicyclic) bond motifs is 1. The standard InChI is InChI=1S/C13H8N2O3S2/c16-9-3-6-11-12(7-9)20-13(14-11)19-10-4-1-8(2-5-10)15(17)18/h1-7,16H. The minimum Gasteiger partial charge on any atom is -0.508 e. The van der Waals surface area contributed by atoms with E-state index in [9.17, 15) is 15.2 Å². The molecular formula is C13H8N2O3S2. The van der Waals surface area contributed by atoms with E-state index in [2.05, 4.69) is 4.98 Å². The molecule has 20 heavy (non-hydrogen) atoms. The minimum absolute atomic E-state index is 0.0728. The molecule has 0 bridgehead atoms. The van der Waals surface area contributed by atoms with Crippen molar-refractivity contribution in [1.29, 1.82) is 0 Å². The van der Waals surface area contributed by atoms with Crippen molar-refractivity contribution in [1.82, 2.24) is 4.98 Å². The summed E-state index contributed by atoms with van der Waals surface area (Å²) in [6.45, 7) is 0. The molecule has 100 valence electrons. The molecule has 0 amide bonds. The lowest BCUT2D eigenvalue weighted by Crippen LogP contribution is -1.86. The summed E-state index contributed by atoms with van der Waals surface area (Å²) in [6.07, 6.45) is 0. The number of hydrogen-bond donors (Lipinski definition) is 1. The Kier molecular flexibility index (Phi) is 3.29. The monoisotopic (exact) mass is 304 g/mol. The first-order chi connectivity index (χ1) is 9.61. The molecule has 0 fully saturated rings. The summed E-state index contributed by atoms with van der Waals surface area (Å²) in [5.74, 6) is 0.216. The Balaban J connectivity index is 1.87. The van der Waals surface area contributed by atoms with Gasteiger partial charge in [0, 0.05) is 17.0 Å². The van der Waals surface area contributed by atoms with Crippen molar-refractivity contribution in [3.63, 3.8) is 0 Å². The Hall–Kier alpha value is -2.12. The summed E-state index contributed by atoms with van der Waals surface area (Å²) in [7, 11) is 0. The normalized spacial score (nSPS) is 10.8. The quantitative estimate of drug-likeness (QED) is 0.583. The van der Waals surface area contributed by atoms with E-state index in [1.54, 1.807) is 30.3 Å². The van der Waals surface area contributed by atoms with E-state index in [1.807, 2.05) is 0 Å². The van der Waals surface area contributed by atoms with Crippen LogP contribution in [0.1, 0.15) is 0 Å². The Labute approximate surface area is 122 Å². The zero-order valence-electron chi connectivity index (χ0n) is 10.0. The molecule has 5 nitrogen and oxygen atoms in total. The number of nitrogens with zero attached hydrogens (tertiary/aromatic N) is 2. The molecule has 1 heterocycles. The van der Waals surface area contributed by atoms with Gasteiger partial charge in [0.2, 0.25) is 0 Å². The maximum atomic E-state index is 10.6. The number of phenolic OH excluding ortho intramolecular Hbond substituents is 1. The van der Waals surface area contributed by atoms with Crippen molar-refractivity contribution in [2.24, 2.45) is 0 Å². The van der Waals surface area contributed by atoms with Crippen LogP contribution in [0.25, 0.3) is 10.2 Å². The molecule has 0 unspecified atom stereocenters. The van der Waals surface area contributed by atoms with Crippen LogP contribution in [0, 0.1) is 10.1 Å². The third-order valence-corrected chi connectivity index (χ3v) is 4.69. The van der Waals surface area contributed by atoms with Crippen molar-refractivity contribution < 1.29 is 10.0 Å². The number of nitro groups is 1. The molecule has 0 spiro atoms. The Morgan fingerprint density at radius 3 is 2.65 bits per heavy atom. The molecule has 0 aliphatic rings. The highest BCUT2D eigenvalue weighted by Gasteiger charge is 2.08. The molecule has 0 radical (unpaired) electrons. The summed E-state index contributed by atoms with van der Waals surface area (Å²) in [5, 5.41) is 20.0. The zero-order chi connectivity index (χ0) is 14.1. The van der Waals surface area contributed by atoms with Gasteiger partial charge >= 0.3 is 0 Å². The first-order valence-electron chi connectivity index (χ1n) is 5.64. The number of rotatable bonds is 3. The molecule has 0 aliphatic carbocycles. The second kappa shape index (κ2) is 5.10. The molecule has 0 aliphatic heterocycles. The number of non-ortho nitro benzene ring substituents is 1. The SMILES string of the molecule is O=[N+]([O-])c1ccc(Sc2nc3ccc(O)cc3s2)cc1. The van der Waals surface area contributed by atoms with Crippen LogP contribution in [-0.2, 0) is 0 Å². The van der Waals surface area contributed by atoms with Gasteiger partial charge in [0.15, 0.2) is 4.34 Å². The van der Waals surface area contributed by atoms with E-state index in [4.69, 9.17) is 0 Å². The van der Waals surface area contributed by atoms with Crippen molar-refractivity contribution in [3.05, 3.63) is 52.6 Å². The molecule has 0 atom stereocenters.